The predicted octanol–water partition coefficient (Wildman–Crippen LogP) is 7.53. The van der Waals surface area contributed by atoms with Gasteiger partial charge in [0, 0.05) is 23.8 Å². The summed E-state index contributed by atoms with van der Waals surface area (Å²) < 4.78 is 109. The van der Waals surface area contributed by atoms with E-state index in [4.69, 9.17) is 4.74 Å². The van der Waals surface area contributed by atoms with E-state index in [-0.39, 0.29) is 29.4 Å². The van der Waals surface area contributed by atoms with Gasteiger partial charge in [0.1, 0.15) is 21.9 Å². The molecule has 0 radical (unpaired) electrons. The van der Waals surface area contributed by atoms with Crippen molar-refractivity contribution in [1.82, 2.24) is 4.72 Å². The highest BCUT2D eigenvalue weighted by molar-refractivity contribution is 7.90. The lowest BCUT2D eigenvalue weighted by Gasteiger charge is -2.39. The average molecular weight is 588 g/mol. The van der Waals surface area contributed by atoms with E-state index in [0.717, 1.165) is 18.2 Å². The Morgan fingerprint density at radius 3 is 2.10 bits per heavy atom. The van der Waals surface area contributed by atoms with Gasteiger partial charge in [0.05, 0.1) is 6.10 Å². The van der Waals surface area contributed by atoms with E-state index in [1.807, 2.05) is 0 Å². The van der Waals surface area contributed by atoms with E-state index < -0.39 is 51.6 Å². The Morgan fingerprint density at radius 2 is 1.55 bits per heavy atom. The maximum atomic E-state index is 15.3. The molecule has 0 spiro atoms. The Kier molecular flexibility index (Phi) is 9.74. The van der Waals surface area contributed by atoms with Crippen molar-refractivity contribution in [2.24, 2.45) is 0 Å². The van der Waals surface area contributed by atoms with E-state index in [1.165, 1.54) is 12.1 Å². The van der Waals surface area contributed by atoms with Gasteiger partial charge in [0.2, 0.25) is 0 Å². The van der Waals surface area contributed by atoms with Crippen LogP contribution in [0.5, 0.6) is 11.5 Å². The molecule has 3 aromatic rings. The van der Waals surface area contributed by atoms with Crippen LogP contribution in [0.3, 0.4) is 0 Å². The molecule has 0 saturated carbocycles. The van der Waals surface area contributed by atoms with Crippen LogP contribution in [-0.4, -0.2) is 27.9 Å². The Balaban J connectivity index is 2.32. The van der Waals surface area contributed by atoms with Crippen LogP contribution in [0.2, 0.25) is 0 Å². The number of halogens is 6. The second kappa shape index (κ2) is 12.3. The lowest BCUT2D eigenvalue weighted by Crippen LogP contribution is -2.53. The van der Waals surface area contributed by atoms with Crippen molar-refractivity contribution >= 4 is 11.4 Å². The molecule has 11 heteroatoms. The minimum atomic E-state index is -4.91. The van der Waals surface area contributed by atoms with Gasteiger partial charge < -0.3 is 14.0 Å². The van der Waals surface area contributed by atoms with Gasteiger partial charge in [0.25, 0.3) is 0 Å². The Bertz CT molecular complexity index is 1290. The van der Waals surface area contributed by atoms with Crippen molar-refractivity contribution in [3.05, 3.63) is 95.1 Å². The maximum Gasteiger partial charge on any atom is 0.461 e. The van der Waals surface area contributed by atoms with Gasteiger partial charge >= 0.3 is 12.5 Å². The number of rotatable bonds is 11. The summed E-state index contributed by atoms with van der Waals surface area (Å²) in [6.45, 7) is 8.45. The third-order valence-corrected chi connectivity index (χ3v) is 7.44. The van der Waals surface area contributed by atoms with E-state index in [9.17, 15) is 26.5 Å². The number of ether oxygens (including phenoxy) is 2. The van der Waals surface area contributed by atoms with Gasteiger partial charge in [-0.25, -0.2) is 8.78 Å². The summed E-state index contributed by atoms with van der Waals surface area (Å²) >= 11 is -1.88. The van der Waals surface area contributed by atoms with Crippen molar-refractivity contribution in [3.8, 4) is 11.5 Å². The third-order valence-electron chi connectivity index (χ3n) is 5.79. The lowest BCUT2D eigenvalue weighted by molar-refractivity contribution is -0.253. The molecule has 0 aliphatic heterocycles. The highest BCUT2D eigenvalue weighted by Gasteiger charge is 2.46. The third kappa shape index (κ3) is 7.64. The van der Waals surface area contributed by atoms with Crippen LogP contribution in [0.4, 0.5) is 26.3 Å². The molecule has 0 fully saturated rings. The van der Waals surface area contributed by atoms with E-state index in [2.05, 4.69) is 9.46 Å². The first-order chi connectivity index (χ1) is 18.5. The maximum absolute atomic E-state index is 15.3. The van der Waals surface area contributed by atoms with Crippen molar-refractivity contribution in [2.45, 2.75) is 70.0 Å². The quantitative estimate of drug-likeness (QED) is 0.186. The zero-order valence-electron chi connectivity index (χ0n) is 22.6. The van der Waals surface area contributed by atoms with Crippen LogP contribution in [0.15, 0.2) is 66.7 Å². The van der Waals surface area contributed by atoms with E-state index in [1.54, 1.807) is 65.0 Å². The van der Waals surface area contributed by atoms with Gasteiger partial charge in [-0.2, -0.15) is 17.6 Å². The highest BCUT2D eigenvalue weighted by Crippen LogP contribution is 2.40. The molecule has 3 rings (SSSR count). The standard InChI is InChI=1S/C29H31F6NO3S/c1-18(2)38-25-12-11-20(15-24(25)31)28(36-40(37)27(3,4)5,17-19-9-7-6-8-10-19)21-13-22(30)16-23(14-21)39-29(34,35)26(32)33/h6-16,18,26,36H,17H2,1-5H3/t28-,40+/m0/s1. The van der Waals surface area contributed by atoms with Crippen molar-refractivity contribution in [1.29, 1.82) is 0 Å². The summed E-state index contributed by atoms with van der Waals surface area (Å²) in [5.74, 6) is -2.81. The summed E-state index contributed by atoms with van der Waals surface area (Å²) in [6.07, 6.45) is -9.49. The van der Waals surface area contributed by atoms with Crippen LogP contribution in [0.1, 0.15) is 51.3 Å². The fourth-order valence-electron chi connectivity index (χ4n) is 3.92. The zero-order chi connectivity index (χ0) is 29.9. The van der Waals surface area contributed by atoms with Gasteiger partial charge in [-0.3, -0.25) is 0 Å². The average Bonchev–Trinajstić information content (AvgIpc) is 2.83. The SMILES string of the molecule is CC(C)Oc1ccc([C@](Cc2ccccc2)(N[S@+]([O-])C(C)(C)C)c2cc(F)cc(OC(F)(F)C(F)F)c2)cc1F. The molecular weight excluding hydrogens is 556 g/mol. The van der Waals surface area contributed by atoms with Crippen molar-refractivity contribution in [2.75, 3.05) is 0 Å². The monoisotopic (exact) mass is 587 g/mol. The molecule has 0 saturated heterocycles. The molecular formula is C29H31F6NO3S. The summed E-state index contributed by atoms with van der Waals surface area (Å²) in [7, 11) is 0. The van der Waals surface area contributed by atoms with Crippen molar-refractivity contribution in [3.63, 3.8) is 0 Å². The minimum Gasteiger partial charge on any atom is -0.598 e. The molecule has 4 nitrogen and oxygen atoms in total. The number of benzene rings is 3. The summed E-state index contributed by atoms with van der Waals surface area (Å²) in [6, 6.07) is 15.1. The summed E-state index contributed by atoms with van der Waals surface area (Å²) in [5, 5.41) is 0. The number of nitrogens with one attached hydrogen (secondary N) is 1. The van der Waals surface area contributed by atoms with Crippen LogP contribution in [-0.2, 0) is 23.3 Å². The molecule has 1 N–H and O–H groups in total. The van der Waals surface area contributed by atoms with Crippen LogP contribution in [0.25, 0.3) is 0 Å². The molecule has 0 aliphatic carbocycles. The Hall–Kier alpha value is -2.89. The second-order valence-corrected chi connectivity index (χ2v) is 12.5. The fourth-order valence-corrected chi connectivity index (χ4v) is 4.85. The Morgan fingerprint density at radius 1 is 0.900 bits per heavy atom. The molecule has 218 valence electrons. The predicted molar refractivity (Wildman–Crippen MR) is 142 cm³/mol. The molecule has 2 atom stereocenters. The first-order valence-electron chi connectivity index (χ1n) is 12.4. The molecule has 0 unspecified atom stereocenters. The lowest BCUT2D eigenvalue weighted by atomic mass is 9.78. The largest absolute Gasteiger partial charge is 0.598 e. The molecule has 40 heavy (non-hydrogen) atoms. The number of hydrogen-bond acceptors (Lipinski definition) is 4. The molecule has 0 aromatic heterocycles. The number of alkyl halides is 4. The first kappa shape index (κ1) is 31.6. The highest BCUT2D eigenvalue weighted by atomic mass is 32.2. The molecule has 3 aromatic carbocycles. The first-order valence-corrected chi connectivity index (χ1v) is 13.5. The smallest absolute Gasteiger partial charge is 0.461 e. The topological polar surface area (TPSA) is 53.5 Å². The van der Waals surface area contributed by atoms with E-state index in [0.29, 0.717) is 11.6 Å². The minimum absolute atomic E-state index is 0.0619. The second-order valence-electron chi connectivity index (χ2n) is 10.5. The van der Waals surface area contributed by atoms with Crippen molar-refractivity contribution < 1.29 is 40.4 Å². The van der Waals surface area contributed by atoms with Gasteiger partial charge in [-0.1, -0.05) is 36.4 Å². The number of hydrogen-bond donors (Lipinski definition) is 1. The normalized spacial score (nSPS) is 14.8. The fraction of sp³-hybridized carbons (Fsp3) is 0.379. The summed E-state index contributed by atoms with van der Waals surface area (Å²) in [5.41, 5.74) is -1.03. The summed E-state index contributed by atoms with van der Waals surface area (Å²) in [4.78, 5) is 0. The Labute approximate surface area is 233 Å². The van der Waals surface area contributed by atoms with Crippen LogP contribution in [0, 0.1) is 11.6 Å². The molecule has 0 amide bonds. The molecule has 0 heterocycles. The van der Waals surface area contributed by atoms with Crippen LogP contribution >= 0.6 is 0 Å². The molecule has 0 aliphatic rings. The van der Waals surface area contributed by atoms with Crippen LogP contribution < -0.4 is 14.2 Å². The van der Waals surface area contributed by atoms with Gasteiger partial charge in [0.15, 0.2) is 11.6 Å². The zero-order valence-corrected chi connectivity index (χ0v) is 23.4. The van der Waals surface area contributed by atoms with E-state index >= 15 is 4.39 Å². The van der Waals surface area contributed by atoms with Gasteiger partial charge in [-0.05, 0) is 75.6 Å². The molecule has 0 bridgehead atoms. The van der Waals surface area contributed by atoms with Gasteiger partial charge in [-0.15, -0.1) is 4.72 Å².